The SMILES string of the molecule is O=C(c1ccccc1C(F)(F)F)N1CCN(c2ncc(C#Cc3ccc(N4CCCS4(=O)=O)cc3)cn2)CC1. The van der Waals surface area contributed by atoms with Gasteiger partial charge in [0.1, 0.15) is 0 Å². The molecule has 0 radical (unpaired) electrons. The van der Waals surface area contributed by atoms with E-state index in [0.29, 0.717) is 48.8 Å². The average Bonchev–Trinajstić information content (AvgIpc) is 3.30. The summed E-state index contributed by atoms with van der Waals surface area (Å²) in [6.45, 7) is 1.72. The summed E-state index contributed by atoms with van der Waals surface area (Å²) in [4.78, 5) is 24.8. The van der Waals surface area contributed by atoms with Crippen molar-refractivity contribution in [3.63, 3.8) is 0 Å². The predicted molar refractivity (Wildman–Crippen MR) is 140 cm³/mol. The summed E-state index contributed by atoms with van der Waals surface area (Å²) in [5, 5.41) is 0. The average molecular weight is 556 g/mol. The van der Waals surface area contributed by atoms with E-state index in [-0.39, 0.29) is 24.4 Å². The minimum absolute atomic E-state index is 0.162. The van der Waals surface area contributed by atoms with Crippen LogP contribution in [-0.4, -0.2) is 67.7 Å². The molecule has 1 amide bonds. The molecule has 3 heterocycles. The number of amides is 1. The Balaban J connectivity index is 1.19. The Kier molecular flexibility index (Phi) is 7.18. The van der Waals surface area contributed by atoms with Crippen molar-refractivity contribution in [3.8, 4) is 11.8 Å². The van der Waals surface area contributed by atoms with Gasteiger partial charge in [0.25, 0.3) is 5.91 Å². The Morgan fingerprint density at radius 2 is 1.49 bits per heavy atom. The zero-order valence-corrected chi connectivity index (χ0v) is 21.5. The lowest BCUT2D eigenvalue weighted by Gasteiger charge is -2.35. The van der Waals surface area contributed by atoms with Crippen LogP contribution in [0.5, 0.6) is 0 Å². The first-order valence-corrected chi connectivity index (χ1v) is 13.9. The normalized spacial score (nSPS) is 17.1. The Labute approximate surface area is 224 Å². The van der Waals surface area contributed by atoms with Crippen LogP contribution in [0, 0.1) is 11.8 Å². The number of anilines is 2. The third kappa shape index (κ3) is 5.83. The zero-order valence-electron chi connectivity index (χ0n) is 20.7. The van der Waals surface area contributed by atoms with E-state index in [2.05, 4.69) is 21.8 Å². The van der Waals surface area contributed by atoms with Crippen LogP contribution in [0.3, 0.4) is 0 Å². The molecule has 2 aliphatic heterocycles. The number of nitrogens with zero attached hydrogens (tertiary/aromatic N) is 5. The molecule has 2 saturated heterocycles. The van der Waals surface area contributed by atoms with Crippen LogP contribution in [0.4, 0.5) is 24.8 Å². The second-order valence-electron chi connectivity index (χ2n) is 9.13. The highest BCUT2D eigenvalue weighted by atomic mass is 32.2. The first-order chi connectivity index (χ1) is 18.6. The van der Waals surface area contributed by atoms with Gasteiger partial charge in [0.15, 0.2) is 0 Å². The highest BCUT2D eigenvalue weighted by Crippen LogP contribution is 2.32. The fourth-order valence-corrected chi connectivity index (χ4v) is 6.10. The lowest BCUT2D eigenvalue weighted by molar-refractivity contribution is -0.138. The lowest BCUT2D eigenvalue weighted by atomic mass is 10.1. The summed E-state index contributed by atoms with van der Waals surface area (Å²) in [7, 11) is -3.23. The molecule has 2 aliphatic rings. The topological polar surface area (TPSA) is 86.7 Å². The largest absolute Gasteiger partial charge is 0.417 e. The van der Waals surface area contributed by atoms with Crippen molar-refractivity contribution in [2.24, 2.45) is 0 Å². The van der Waals surface area contributed by atoms with E-state index in [9.17, 15) is 26.4 Å². The quantitative estimate of drug-likeness (QED) is 0.461. The number of carbonyl (C=O) groups excluding carboxylic acids is 1. The minimum atomic E-state index is -4.60. The second-order valence-corrected chi connectivity index (χ2v) is 11.1. The van der Waals surface area contributed by atoms with Crippen molar-refractivity contribution < 1.29 is 26.4 Å². The summed E-state index contributed by atoms with van der Waals surface area (Å²) >= 11 is 0. The molecule has 0 aliphatic carbocycles. The number of aromatic nitrogens is 2. The van der Waals surface area contributed by atoms with Gasteiger partial charge < -0.3 is 9.80 Å². The number of halogens is 3. The van der Waals surface area contributed by atoms with Crippen molar-refractivity contribution in [1.29, 1.82) is 0 Å². The van der Waals surface area contributed by atoms with Crippen molar-refractivity contribution in [2.45, 2.75) is 12.6 Å². The van der Waals surface area contributed by atoms with E-state index < -0.39 is 27.7 Å². The first-order valence-electron chi connectivity index (χ1n) is 12.3. The molecule has 0 atom stereocenters. The van der Waals surface area contributed by atoms with Crippen LogP contribution >= 0.6 is 0 Å². The molecule has 1 aromatic heterocycles. The van der Waals surface area contributed by atoms with Crippen LogP contribution in [0.1, 0.15) is 33.5 Å². The molecule has 0 saturated carbocycles. The van der Waals surface area contributed by atoms with Crippen molar-refractivity contribution in [3.05, 3.63) is 83.2 Å². The molecular formula is C27H24F3N5O3S. The van der Waals surface area contributed by atoms with Gasteiger partial charge in [0.05, 0.1) is 28.1 Å². The van der Waals surface area contributed by atoms with Gasteiger partial charge in [-0.15, -0.1) is 0 Å². The summed E-state index contributed by atoms with van der Waals surface area (Å²) in [6, 6.07) is 11.8. The van der Waals surface area contributed by atoms with Gasteiger partial charge in [-0.05, 0) is 42.8 Å². The number of sulfonamides is 1. The lowest BCUT2D eigenvalue weighted by Crippen LogP contribution is -2.49. The first kappa shape index (κ1) is 26.5. The van der Waals surface area contributed by atoms with Crippen molar-refractivity contribution in [1.82, 2.24) is 14.9 Å². The number of alkyl halides is 3. The second kappa shape index (κ2) is 10.6. The van der Waals surface area contributed by atoms with Gasteiger partial charge in [-0.2, -0.15) is 13.2 Å². The molecule has 3 aromatic rings. The molecule has 0 bridgehead atoms. The highest BCUT2D eigenvalue weighted by molar-refractivity contribution is 7.93. The fraction of sp³-hybridized carbons (Fsp3) is 0.296. The summed E-state index contributed by atoms with van der Waals surface area (Å²) in [5.41, 5.74) is 0.633. The third-order valence-electron chi connectivity index (χ3n) is 6.56. The summed E-state index contributed by atoms with van der Waals surface area (Å²) in [6.07, 6.45) is -0.827. The number of carbonyl (C=O) groups is 1. The Morgan fingerprint density at radius 1 is 0.846 bits per heavy atom. The standard InChI is InChI=1S/C27H24F3N5O3S/c28-27(29,30)24-5-2-1-4-23(24)25(36)33-13-15-34(16-14-33)26-31-18-21(19-32-26)7-6-20-8-10-22(11-9-20)35-12-3-17-39(35,37)38/h1-2,4-5,8-11,18-19H,3,12-17H2. The monoisotopic (exact) mass is 555 g/mol. The Hall–Kier alpha value is -4.11. The van der Waals surface area contributed by atoms with Gasteiger partial charge in [-0.25, -0.2) is 18.4 Å². The zero-order chi connectivity index (χ0) is 27.6. The number of piperazine rings is 1. The number of benzene rings is 2. The van der Waals surface area contributed by atoms with E-state index in [1.54, 1.807) is 36.7 Å². The van der Waals surface area contributed by atoms with Crippen LogP contribution in [-0.2, 0) is 16.2 Å². The molecule has 8 nitrogen and oxygen atoms in total. The van der Waals surface area contributed by atoms with Gasteiger partial charge >= 0.3 is 6.18 Å². The van der Waals surface area contributed by atoms with Crippen LogP contribution in [0.2, 0.25) is 0 Å². The molecular weight excluding hydrogens is 531 g/mol. The van der Waals surface area contributed by atoms with Crippen LogP contribution < -0.4 is 9.21 Å². The van der Waals surface area contributed by atoms with E-state index in [4.69, 9.17) is 0 Å². The molecule has 39 heavy (non-hydrogen) atoms. The summed E-state index contributed by atoms with van der Waals surface area (Å²) in [5.74, 6) is 5.95. The smallest absolute Gasteiger partial charge is 0.337 e. The Morgan fingerprint density at radius 3 is 2.10 bits per heavy atom. The van der Waals surface area contributed by atoms with Gasteiger partial charge in [0, 0.05) is 50.7 Å². The highest BCUT2D eigenvalue weighted by Gasteiger charge is 2.36. The van der Waals surface area contributed by atoms with Gasteiger partial charge in [-0.3, -0.25) is 9.10 Å². The van der Waals surface area contributed by atoms with E-state index >= 15 is 0 Å². The van der Waals surface area contributed by atoms with Crippen molar-refractivity contribution in [2.75, 3.05) is 47.7 Å². The van der Waals surface area contributed by atoms with Crippen LogP contribution in [0.15, 0.2) is 60.9 Å². The fourth-order valence-electron chi connectivity index (χ4n) is 4.53. The maximum absolute atomic E-state index is 13.3. The molecule has 0 unspecified atom stereocenters. The third-order valence-corrected chi connectivity index (χ3v) is 8.43. The molecule has 5 rings (SSSR count). The van der Waals surface area contributed by atoms with Crippen molar-refractivity contribution >= 4 is 27.6 Å². The number of hydrogen-bond acceptors (Lipinski definition) is 6. The molecule has 12 heteroatoms. The predicted octanol–water partition coefficient (Wildman–Crippen LogP) is 3.40. The van der Waals surface area contributed by atoms with E-state index in [1.807, 2.05) is 4.90 Å². The number of rotatable bonds is 3. The molecule has 2 fully saturated rings. The van der Waals surface area contributed by atoms with Gasteiger partial charge in [0.2, 0.25) is 16.0 Å². The molecule has 202 valence electrons. The van der Waals surface area contributed by atoms with Crippen LogP contribution in [0.25, 0.3) is 0 Å². The summed E-state index contributed by atoms with van der Waals surface area (Å²) < 4.78 is 65.5. The number of hydrogen-bond donors (Lipinski definition) is 0. The van der Waals surface area contributed by atoms with Gasteiger partial charge in [-0.1, -0.05) is 24.0 Å². The maximum atomic E-state index is 13.3. The van der Waals surface area contributed by atoms with E-state index in [0.717, 1.165) is 6.07 Å². The molecule has 0 N–H and O–H groups in total. The maximum Gasteiger partial charge on any atom is 0.417 e. The molecule has 2 aromatic carbocycles. The Bertz CT molecular complexity index is 1520. The van der Waals surface area contributed by atoms with E-state index in [1.165, 1.54) is 27.4 Å². The minimum Gasteiger partial charge on any atom is -0.337 e. The molecule has 0 spiro atoms.